The summed E-state index contributed by atoms with van der Waals surface area (Å²) in [5.41, 5.74) is 16.4. The summed E-state index contributed by atoms with van der Waals surface area (Å²) in [4.78, 5) is 4.25. The highest BCUT2D eigenvalue weighted by molar-refractivity contribution is 6.10. The molecule has 0 aliphatic heterocycles. The Balaban J connectivity index is 1.000. The molecule has 0 N–H and O–H groups in total. The summed E-state index contributed by atoms with van der Waals surface area (Å²) in [6, 6.07) is 58.1. The zero-order valence-electron chi connectivity index (χ0n) is 28.1. The van der Waals surface area contributed by atoms with Crippen molar-refractivity contribution >= 4 is 32.6 Å². The monoisotopic (exact) mass is 638 g/mol. The van der Waals surface area contributed by atoms with Gasteiger partial charge in [0.2, 0.25) is 0 Å². The van der Waals surface area contributed by atoms with E-state index >= 15 is 0 Å². The molecule has 0 radical (unpaired) electrons. The van der Waals surface area contributed by atoms with E-state index in [0.29, 0.717) is 0 Å². The van der Waals surface area contributed by atoms with Crippen LogP contribution in [0.3, 0.4) is 0 Å². The molecule has 0 spiro atoms. The van der Waals surface area contributed by atoms with Gasteiger partial charge in [-0.2, -0.15) is 0 Å². The van der Waals surface area contributed by atoms with Crippen LogP contribution in [0.15, 0.2) is 170 Å². The van der Waals surface area contributed by atoms with Gasteiger partial charge in [-0.05, 0) is 116 Å². The van der Waals surface area contributed by atoms with Gasteiger partial charge in [-0.1, -0.05) is 117 Å². The molecule has 50 heavy (non-hydrogen) atoms. The van der Waals surface area contributed by atoms with E-state index in [1.165, 1.54) is 88.5 Å². The van der Waals surface area contributed by atoms with E-state index < -0.39 is 0 Å². The quantitative estimate of drug-likeness (QED) is 0.188. The fraction of sp³-hybridized carbons (Fsp3) is 0.0625. The molecule has 0 bridgehead atoms. The van der Waals surface area contributed by atoms with E-state index in [-0.39, 0.29) is 5.41 Å². The number of rotatable bonds is 4. The second kappa shape index (κ2) is 10.9. The number of nitrogens with zero attached hydrogens (tertiary/aromatic N) is 2. The van der Waals surface area contributed by atoms with E-state index in [4.69, 9.17) is 0 Å². The lowest BCUT2D eigenvalue weighted by Crippen LogP contribution is -2.15. The van der Waals surface area contributed by atoms with Crippen molar-refractivity contribution < 1.29 is 0 Å². The molecule has 236 valence electrons. The highest BCUT2D eigenvalue weighted by Gasteiger charge is 2.36. The summed E-state index contributed by atoms with van der Waals surface area (Å²) in [6.07, 6.45) is 3.78. The van der Waals surface area contributed by atoms with Crippen LogP contribution in [0.1, 0.15) is 25.0 Å². The Hall–Kier alpha value is -6.25. The van der Waals surface area contributed by atoms with Crippen molar-refractivity contribution in [3.05, 3.63) is 181 Å². The summed E-state index contributed by atoms with van der Waals surface area (Å²) in [5.74, 6) is 0. The van der Waals surface area contributed by atoms with Crippen LogP contribution in [0.5, 0.6) is 0 Å². The van der Waals surface area contributed by atoms with Gasteiger partial charge in [-0.3, -0.25) is 4.98 Å². The summed E-state index contributed by atoms with van der Waals surface area (Å²) in [6.45, 7) is 4.75. The predicted octanol–water partition coefficient (Wildman–Crippen LogP) is 12.6. The smallest absolute Gasteiger partial charge is 0.0541 e. The Morgan fingerprint density at radius 2 is 1.00 bits per heavy atom. The predicted molar refractivity (Wildman–Crippen MR) is 210 cm³/mol. The molecular weight excluding hydrogens is 605 g/mol. The zero-order valence-corrected chi connectivity index (χ0v) is 28.1. The maximum absolute atomic E-state index is 4.25. The second-order valence-electron chi connectivity index (χ2n) is 14.1. The maximum Gasteiger partial charge on any atom is 0.0541 e. The van der Waals surface area contributed by atoms with Gasteiger partial charge in [-0.25, -0.2) is 0 Å². The SMILES string of the molecule is CC1(C)c2cc(-c3ccc(-c4ccc5cnccc5c4)cc3)ccc2-c2ccc(-c3ccc4c(c3)c3ccccc3n4-c3ccccc3)cc21. The number of hydrogen-bond donors (Lipinski definition) is 0. The zero-order chi connectivity index (χ0) is 33.4. The van der Waals surface area contributed by atoms with Crippen molar-refractivity contribution in [2.45, 2.75) is 19.3 Å². The molecule has 0 saturated heterocycles. The average Bonchev–Trinajstić information content (AvgIpc) is 3.62. The van der Waals surface area contributed by atoms with E-state index in [0.717, 1.165) is 5.39 Å². The first-order valence-corrected chi connectivity index (χ1v) is 17.4. The van der Waals surface area contributed by atoms with Gasteiger partial charge in [0.05, 0.1) is 11.0 Å². The molecule has 10 rings (SSSR count). The number of aromatic nitrogens is 2. The van der Waals surface area contributed by atoms with Crippen LogP contribution in [0.25, 0.3) is 82.8 Å². The van der Waals surface area contributed by atoms with Crippen LogP contribution in [0, 0.1) is 0 Å². The lowest BCUT2D eigenvalue weighted by atomic mass is 9.80. The van der Waals surface area contributed by atoms with Crippen molar-refractivity contribution in [2.75, 3.05) is 0 Å². The summed E-state index contributed by atoms with van der Waals surface area (Å²) in [7, 11) is 0. The van der Waals surface area contributed by atoms with E-state index in [1.54, 1.807) is 0 Å². The molecular formula is C48H34N2. The Labute approximate surface area is 291 Å². The van der Waals surface area contributed by atoms with Crippen molar-refractivity contribution in [3.8, 4) is 50.2 Å². The van der Waals surface area contributed by atoms with Gasteiger partial charge in [0.1, 0.15) is 0 Å². The lowest BCUT2D eigenvalue weighted by molar-refractivity contribution is 0.661. The first kappa shape index (κ1) is 28.7. The van der Waals surface area contributed by atoms with Crippen molar-refractivity contribution in [1.29, 1.82) is 0 Å². The van der Waals surface area contributed by atoms with Gasteiger partial charge in [-0.15, -0.1) is 0 Å². The van der Waals surface area contributed by atoms with Gasteiger partial charge in [0, 0.05) is 39.7 Å². The molecule has 1 aliphatic carbocycles. The molecule has 0 saturated carbocycles. The minimum Gasteiger partial charge on any atom is -0.309 e. The Bertz CT molecular complexity index is 2770. The molecule has 0 unspecified atom stereocenters. The first-order valence-electron chi connectivity index (χ1n) is 17.4. The molecule has 2 aromatic heterocycles. The summed E-state index contributed by atoms with van der Waals surface area (Å²) in [5, 5.41) is 4.92. The van der Waals surface area contributed by atoms with Gasteiger partial charge in [0.15, 0.2) is 0 Å². The number of pyridine rings is 1. The minimum atomic E-state index is -0.121. The molecule has 0 amide bonds. The summed E-state index contributed by atoms with van der Waals surface area (Å²) >= 11 is 0. The van der Waals surface area contributed by atoms with Crippen LogP contribution >= 0.6 is 0 Å². The molecule has 0 fully saturated rings. The number of para-hydroxylation sites is 2. The maximum atomic E-state index is 4.25. The Kier molecular flexibility index (Phi) is 6.25. The van der Waals surface area contributed by atoms with Crippen LogP contribution < -0.4 is 0 Å². The first-order chi connectivity index (χ1) is 24.5. The normalized spacial score (nSPS) is 13.2. The van der Waals surface area contributed by atoms with E-state index in [2.05, 4.69) is 181 Å². The molecule has 2 heterocycles. The second-order valence-corrected chi connectivity index (χ2v) is 14.1. The molecule has 1 aliphatic rings. The van der Waals surface area contributed by atoms with Crippen molar-refractivity contribution in [3.63, 3.8) is 0 Å². The number of benzene rings is 7. The van der Waals surface area contributed by atoms with Crippen LogP contribution in [-0.2, 0) is 5.41 Å². The minimum absolute atomic E-state index is 0.121. The summed E-state index contributed by atoms with van der Waals surface area (Å²) < 4.78 is 2.38. The third kappa shape index (κ3) is 4.38. The van der Waals surface area contributed by atoms with Crippen LogP contribution in [0.2, 0.25) is 0 Å². The van der Waals surface area contributed by atoms with E-state index in [9.17, 15) is 0 Å². The highest BCUT2D eigenvalue weighted by atomic mass is 15.0. The van der Waals surface area contributed by atoms with Crippen molar-refractivity contribution in [1.82, 2.24) is 9.55 Å². The van der Waals surface area contributed by atoms with Gasteiger partial charge in [0.25, 0.3) is 0 Å². The van der Waals surface area contributed by atoms with Gasteiger partial charge >= 0.3 is 0 Å². The number of hydrogen-bond acceptors (Lipinski definition) is 1. The molecule has 0 atom stereocenters. The van der Waals surface area contributed by atoms with Gasteiger partial charge < -0.3 is 4.57 Å². The molecule has 2 heteroatoms. The van der Waals surface area contributed by atoms with Crippen LogP contribution in [-0.4, -0.2) is 9.55 Å². The van der Waals surface area contributed by atoms with Crippen molar-refractivity contribution in [2.24, 2.45) is 0 Å². The average molecular weight is 639 g/mol. The molecule has 2 nitrogen and oxygen atoms in total. The fourth-order valence-electron chi connectivity index (χ4n) is 8.22. The standard InChI is InChI=1S/C48H34N2/c1-48(2)44-28-35(32-14-12-31(13-15-32)33-16-17-38-30-49-25-24-37(38)26-33)18-21-40(44)41-22-19-36(29-45(41)48)34-20-23-47-43(27-34)42-10-6-7-11-46(42)50(47)39-8-4-3-5-9-39/h3-30H,1-2H3. The highest BCUT2D eigenvalue weighted by Crippen LogP contribution is 2.51. The topological polar surface area (TPSA) is 17.8 Å². The third-order valence-electron chi connectivity index (χ3n) is 10.9. The molecule has 7 aromatic carbocycles. The number of fused-ring (bicyclic) bond motifs is 7. The fourth-order valence-corrected chi connectivity index (χ4v) is 8.22. The van der Waals surface area contributed by atoms with E-state index in [1.807, 2.05) is 12.4 Å². The lowest BCUT2D eigenvalue weighted by Gasteiger charge is -2.22. The Morgan fingerprint density at radius 1 is 0.440 bits per heavy atom. The Morgan fingerprint density at radius 3 is 1.74 bits per heavy atom. The molecule has 9 aromatic rings. The third-order valence-corrected chi connectivity index (χ3v) is 10.9. The largest absolute Gasteiger partial charge is 0.309 e. The van der Waals surface area contributed by atoms with Crippen LogP contribution in [0.4, 0.5) is 0 Å².